The summed E-state index contributed by atoms with van der Waals surface area (Å²) >= 11 is 0. The van der Waals surface area contributed by atoms with Crippen LogP contribution in [0.25, 0.3) is 0 Å². The van der Waals surface area contributed by atoms with Gasteiger partial charge in [0.1, 0.15) is 0 Å². The van der Waals surface area contributed by atoms with E-state index in [-0.39, 0.29) is 4.90 Å². The first-order chi connectivity index (χ1) is 7.95. The number of sulfonamides is 1. The van der Waals surface area contributed by atoms with Crippen molar-refractivity contribution in [3.63, 3.8) is 0 Å². The van der Waals surface area contributed by atoms with Gasteiger partial charge in [0.25, 0.3) is 0 Å². The predicted molar refractivity (Wildman–Crippen MR) is 69.0 cm³/mol. The van der Waals surface area contributed by atoms with E-state index in [0.29, 0.717) is 19.0 Å². The second-order valence-corrected chi connectivity index (χ2v) is 6.20. The van der Waals surface area contributed by atoms with Crippen LogP contribution in [0.3, 0.4) is 0 Å². The normalized spacial score (nSPS) is 12.0. The monoisotopic (exact) mass is 256 g/mol. The molecule has 0 aromatic heterocycles. The molecule has 96 valence electrons. The van der Waals surface area contributed by atoms with Crippen LogP contribution in [0.5, 0.6) is 0 Å². The molecule has 0 heterocycles. The molecule has 1 aromatic carbocycles. The van der Waals surface area contributed by atoms with Gasteiger partial charge in [-0.1, -0.05) is 26.0 Å². The number of nitrogens with one attached hydrogen (secondary N) is 1. The van der Waals surface area contributed by atoms with Crippen LogP contribution in [0.15, 0.2) is 29.2 Å². The third-order valence-electron chi connectivity index (χ3n) is 2.46. The molecule has 0 saturated heterocycles. The Balaban J connectivity index is 2.75. The van der Waals surface area contributed by atoms with Crippen molar-refractivity contribution in [2.24, 2.45) is 11.7 Å². The van der Waals surface area contributed by atoms with Gasteiger partial charge in [-0.05, 0) is 30.0 Å². The van der Waals surface area contributed by atoms with Crippen molar-refractivity contribution in [1.82, 2.24) is 4.72 Å². The van der Waals surface area contributed by atoms with Crippen molar-refractivity contribution < 1.29 is 8.42 Å². The summed E-state index contributed by atoms with van der Waals surface area (Å²) in [5.74, 6) is 0.480. The molecule has 0 bridgehead atoms. The molecule has 0 aliphatic carbocycles. The van der Waals surface area contributed by atoms with Crippen molar-refractivity contribution in [3.05, 3.63) is 29.8 Å². The summed E-state index contributed by atoms with van der Waals surface area (Å²) in [7, 11) is -3.39. The first-order valence-electron chi connectivity index (χ1n) is 5.74. The molecule has 0 aliphatic rings. The molecule has 0 saturated carbocycles. The molecule has 0 spiro atoms. The fraction of sp³-hybridized carbons (Fsp3) is 0.500. The highest BCUT2D eigenvalue weighted by Gasteiger charge is 2.13. The molecule has 0 atom stereocenters. The third kappa shape index (κ3) is 4.46. The molecule has 1 aromatic rings. The summed E-state index contributed by atoms with van der Waals surface area (Å²) < 4.78 is 26.4. The second-order valence-electron chi connectivity index (χ2n) is 4.43. The number of nitrogens with two attached hydrogens (primary N) is 1. The molecule has 1 rings (SSSR count). The van der Waals surface area contributed by atoms with Crippen LogP contribution in [0, 0.1) is 5.92 Å². The SMILES string of the molecule is CC(C)CCNS(=O)(=O)c1cccc(CN)c1. The van der Waals surface area contributed by atoms with Crippen LogP contribution in [0.4, 0.5) is 0 Å². The maximum atomic E-state index is 11.9. The Morgan fingerprint density at radius 1 is 1.35 bits per heavy atom. The van der Waals surface area contributed by atoms with Gasteiger partial charge in [0.15, 0.2) is 0 Å². The summed E-state index contributed by atoms with van der Waals surface area (Å²) in [6.45, 7) is 4.93. The van der Waals surface area contributed by atoms with Crippen LogP contribution in [0.1, 0.15) is 25.8 Å². The molecule has 3 N–H and O–H groups in total. The molecule has 17 heavy (non-hydrogen) atoms. The van der Waals surface area contributed by atoms with Crippen molar-refractivity contribution in [2.45, 2.75) is 31.7 Å². The minimum Gasteiger partial charge on any atom is -0.326 e. The summed E-state index contributed by atoms with van der Waals surface area (Å²) in [6, 6.07) is 6.71. The lowest BCUT2D eigenvalue weighted by atomic mass is 10.1. The van der Waals surface area contributed by atoms with Gasteiger partial charge in [-0.25, -0.2) is 13.1 Å². The maximum Gasteiger partial charge on any atom is 0.240 e. The van der Waals surface area contributed by atoms with Crippen LogP contribution in [-0.4, -0.2) is 15.0 Å². The zero-order valence-electron chi connectivity index (χ0n) is 10.3. The van der Waals surface area contributed by atoms with Crippen LogP contribution in [0.2, 0.25) is 0 Å². The van der Waals surface area contributed by atoms with Gasteiger partial charge in [-0.15, -0.1) is 0 Å². The van der Waals surface area contributed by atoms with Gasteiger partial charge in [0.05, 0.1) is 4.90 Å². The van der Waals surface area contributed by atoms with Crippen LogP contribution < -0.4 is 10.5 Å². The van der Waals surface area contributed by atoms with E-state index in [1.54, 1.807) is 18.2 Å². The molecule has 0 unspecified atom stereocenters. The third-order valence-corrected chi connectivity index (χ3v) is 3.92. The average Bonchev–Trinajstić information content (AvgIpc) is 2.28. The van der Waals surface area contributed by atoms with Crippen molar-refractivity contribution in [3.8, 4) is 0 Å². The van der Waals surface area contributed by atoms with Gasteiger partial charge in [0.2, 0.25) is 10.0 Å². The van der Waals surface area contributed by atoms with E-state index in [1.807, 2.05) is 6.07 Å². The molecule has 4 nitrogen and oxygen atoms in total. The van der Waals surface area contributed by atoms with Gasteiger partial charge in [-0.2, -0.15) is 0 Å². The number of rotatable bonds is 6. The highest BCUT2D eigenvalue weighted by molar-refractivity contribution is 7.89. The summed E-state index contributed by atoms with van der Waals surface area (Å²) in [5.41, 5.74) is 6.30. The Morgan fingerprint density at radius 2 is 2.06 bits per heavy atom. The number of benzene rings is 1. The lowest BCUT2D eigenvalue weighted by Gasteiger charge is -2.09. The first-order valence-corrected chi connectivity index (χ1v) is 7.22. The Morgan fingerprint density at radius 3 is 2.65 bits per heavy atom. The Kier molecular flexibility index (Phi) is 5.11. The van der Waals surface area contributed by atoms with Gasteiger partial charge < -0.3 is 5.73 Å². The highest BCUT2D eigenvalue weighted by Crippen LogP contribution is 2.11. The second kappa shape index (κ2) is 6.14. The van der Waals surface area contributed by atoms with E-state index in [1.165, 1.54) is 0 Å². The largest absolute Gasteiger partial charge is 0.326 e. The Hall–Kier alpha value is -0.910. The van der Waals surface area contributed by atoms with Crippen LogP contribution in [-0.2, 0) is 16.6 Å². The first kappa shape index (κ1) is 14.2. The summed E-state index contributed by atoms with van der Waals surface area (Å²) in [4.78, 5) is 0.282. The number of hydrogen-bond donors (Lipinski definition) is 2. The van der Waals surface area contributed by atoms with Crippen molar-refractivity contribution in [2.75, 3.05) is 6.54 Å². The van der Waals surface area contributed by atoms with Gasteiger partial charge in [-0.3, -0.25) is 0 Å². The van der Waals surface area contributed by atoms with Crippen molar-refractivity contribution >= 4 is 10.0 Å². The quantitative estimate of drug-likeness (QED) is 0.809. The summed E-state index contributed by atoms with van der Waals surface area (Å²) in [6.07, 6.45) is 0.829. The molecule has 5 heteroatoms. The maximum absolute atomic E-state index is 11.9. The van der Waals surface area contributed by atoms with Crippen LogP contribution >= 0.6 is 0 Å². The standard InChI is InChI=1S/C12H20N2O2S/c1-10(2)6-7-14-17(15,16)12-5-3-4-11(8-12)9-13/h3-5,8,10,14H,6-7,9,13H2,1-2H3. The van der Waals surface area contributed by atoms with Gasteiger partial charge in [0, 0.05) is 13.1 Å². The van der Waals surface area contributed by atoms with E-state index < -0.39 is 10.0 Å². The smallest absolute Gasteiger partial charge is 0.240 e. The lowest BCUT2D eigenvalue weighted by molar-refractivity contribution is 0.551. The predicted octanol–water partition coefficient (Wildman–Crippen LogP) is 1.47. The van der Waals surface area contributed by atoms with E-state index in [0.717, 1.165) is 12.0 Å². The zero-order chi connectivity index (χ0) is 12.9. The molecule has 0 amide bonds. The van der Waals surface area contributed by atoms with E-state index in [9.17, 15) is 8.42 Å². The van der Waals surface area contributed by atoms with E-state index >= 15 is 0 Å². The van der Waals surface area contributed by atoms with E-state index in [2.05, 4.69) is 18.6 Å². The Labute approximate surface area is 103 Å². The fourth-order valence-electron chi connectivity index (χ4n) is 1.40. The molecule has 0 fully saturated rings. The van der Waals surface area contributed by atoms with Gasteiger partial charge >= 0.3 is 0 Å². The van der Waals surface area contributed by atoms with Crippen molar-refractivity contribution in [1.29, 1.82) is 0 Å². The number of hydrogen-bond acceptors (Lipinski definition) is 3. The minimum absolute atomic E-state index is 0.282. The molecular weight excluding hydrogens is 236 g/mol. The summed E-state index contributed by atoms with van der Waals surface area (Å²) in [5, 5.41) is 0. The topological polar surface area (TPSA) is 72.2 Å². The zero-order valence-corrected chi connectivity index (χ0v) is 11.1. The van der Waals surface area contributed by atoms with E-state index in [4.69, 9.17) is 5.73 Å². The molecule has 0 aliphatic heterocycles. The molecule has 0 radical (unpaired) electrons. The fourth-order valence-corrected chi connectivity index (χ4v) is 2.52. The molecular formula is C12H20N2O2S. The average molecular weight is 256 g/mol. The lowest BCUT2D eigenvalue weighted by Crippen LogP contribution is -2.25. The highest BCUT2D eigenvalue weighted by atomic mass is 32.2. The minimum atomic E-state index is -3.39. The Bertz CT molecular complexity index is 455.